The number of nitrogens with zero attached hydrogens (tertiary/aromatic N) is 2. The van der Waals surface area contributed by atoms with Crippen LogP contribution in [0.4, 0.5) is 0 Å². The number of carboxylic acids is 1. The van der Waals surface area contributed by atoms with Crippen LogP contribution in [0, 0.1) is 18.3 Å². The zero-order valence-corrected chi connectivity index (χ0v) is 20.4. The standard InChI is InChI=1S/C26H34N4O4/c1-16-11-19(14-28-24(16)31)23-29-20-12-18(13-27-22(25(32)33)26(2,3)4)5-6-21(20)30(23)15-17-7-9-34-10-8-17/h5-6,11-12,14,17,22,27H,7-10,13,15H2,1-4H3,(H,28,31)(H,32,33)/t22-/m1/s1. The number of aromatic nitrogens is 3. The van der Waals surface area contributed by atoms with Gasteiger partial charge in [-0.25, -0.2) is 4.98 Å². The predicted octanol–water partition coefficient (Wildman–Crippen LogP) is 3.72. The molecule has 34 heavy (non-hydrogen) atoms. The molecule has 1 atom stereocenters. The molecule has 8 nitrogen and oxygen atoms in total. The summed E-state index contributed by atoms with van der Waals surface area (Å²) >= 11 is 0. The Hall–Kier alpha value is -2.97. The molecule has 1 fully saturated rings. The molecule has 2 aromatic heterocycles. The Labute approximate surface area is 199 Å². The van der Waals surface area contributed by atoms with Crippen molar-refractivity contribution in [1.29, 1.82) is 0 Å². The maximum Gasteiger partial charge on any atom is 0.321 e. The molecular formula is C26H34N4O4. The van der Waals surface area contributed by atoms with Crippen LogP contribution in [0.3, 0.4) is 0 Å². The van der Waals surface area contributed by atoms with Crippen molar-refractivity contribution in [3.63, 3.8) is 0 Å². The first-order chi connectivity index (χ1) is 16.1. The fourth-order valence-electron chi connectivity index (χ4n) is 4.59. The summed E-state index contributed by atoms with van der Waals surface area (Å²) in [7, 11) is 0. The second-order valence-corrected chi connectivity index (χ2v) is 10.3. The number of aromatic amines is 1. The third-order valence-electron chi connectivity index (χ3n) is 6.56. The van der Waals surface area contributed by atoms with Crippen LogP contribution in [0.1, 0.15) is 44.7 Å². The number of hydrogen-bond acceptors (Lipinski definition) is 5. The van der Waals surface area contributed by atoms with Gasteiger partial charge >= 0.3 is 5.97 Å². The van der Waals surface area contributed by atoms with E-state index in [1.165, 1.54) is 0 Å². The molecule has 0 spiro atoms. The van der Waals surface area contributed by atoms with Gasteiger partial charge in [0.2, 0.25) is 0 Å². The van der Waals surface area contributed by atoms with E-state index in [1.807, 2.05) is 39.0 Å². The first kappa shape index (κ1) is 24.2. The van der Waals surface area contributed by atoms with Crippen molar-refractivity contribution in [2.24, 2.45) is 11.3 Å². The molecule has 0 saturated carbocycles. The van der Waals surface area contributed by atoms with Crippen molar-refractivity contribution >= 4 is 17.0 Å². The van der Waals surface area contributed by atoms with Gasteiger partial charge in [-0.2, -0.15) is 0 Å². The SMILES string of the molecule is Cc1cc(-c2nc3cc(CN[C@H](C(=O)O)C(C)(C)C)ccc3n2CC2CCOCC2)c[nH]c1=O. The molecule has 8 heteroatoms. The normalized spacial score (nSPS) is 16.1. The lowest BCUT2D eigenvalue weighted by molar-refractivity contribution is -0.142. The minimum absolute atomic E-state index is 0.101. The number of aryl methyl sites for hydroxylation is 1. The second kappa shape index (κ2) is 9.72. The van der Waals surface area contributed by atoms with Gasteiger partial charge in [0.05, 0.1) is 11.0 Å². The summed E-state index contributed by atoms with van der Waals surface area (Å²) in [5.41, 5.74) is 3.87. The second-order valence-electron chi connectivity index (χ2n) is 10.3. The van der Waals surface area contributed by atoms with E-state index in [9.17, 15) is 14.7 Å². The largest absolute Gasteiger partial charge is 0.480 e. The molecule has 0 bridgehead atoms. The number of carbonyl (C=O) groups is 1. The van der Waals surface area contributed by atoms with Gasteiger partial charge in [0, 0.05) is 43.6 Å². The van der Waals surface area contributed by atoms with Crippen LogP contribution in [0.15, 0.2) is 35.3 Å². The summed E-state index contributed by atoms with van der Waals surface area (Å²) in [6.45, 7) is 10.4. The molecular weight excluding hydrogens is 432 g/mol. The number of ether oxygens (including phenoxy) is 1. The molecule has 3 N–H and O–H groups in total. The zero-order valence-electron chi connectivity index (χ0n) is 20.4. The average molecular weight is 467 g/mol. The quantitative estimate of drug-likeness (QED) is 0.490. The molecule has 0 radical (unpaired) electrons. The third kappa shape index (κ3) is 5.23. The predicted molar refractivity (Wildman–Crippen MR) is 132 cm³/mol. The van der Waals surface area contributed by atoms with Gasteiger partial charge < -0.3 is 19.4 Å². The zero-order chi connectivity index (χ0) is 24.5. The van der Waals surface area contributed by atoms with Gasteiger partial charge in [-0.15, -0.1) is 0 Å². The van der Waals surface area contributed by atoms with Crippen LogP contribution in [-0.2, 0) is 22.6 Å². The molecule has 3 heterocycles. The molecule has 1 aromatic carbocycles. The molecule has 182 valence electrons. The molecule has 1 saturated heterocycles. The fraction of sp³-hybridized carbons (Fsp3) is 0.500. The van der Waals surface area contributed by atoms with E-state index in [0.29, 0.717) is 18.0 Å². The van der Waals surface area contributed by atoms with Crippen molar-refractivity contribution in [3.8, 4) is 11.4 Å². The van der Waals surface area contributed by atoms with E-state index in [1.54, 1.807) is 13.1 Å². The Balaban J connectivity index is 1.69. The number of carboxylic acid groups (broad SMARTS) is 1. The van der Waals surface area contributed by atoms with Gasteiger partial charge in [0.25, 0.3) is 5.56 Å². The first-order valence-electron chi connectivity index (χ1n) is 11.9. The number of pyridine rings is 1. The third-order valence-corrected chi connectivity index (χ3v) is 6.56. The lowest BCUT2D eigenvalue weighted by atomic mass is 9.86. The smallest absolute Gasteiger partial charge is 0.321 e. The lowest BCUT2D eigenvalue weighted by Crippen LogP contribution is -2.46. The number of imidazole rings is 1. The Morgan fingerprint density at radius 1 is 1.29 bits per heavy atom. The van der Waals surface area contributed by atoms with Gasteiger partial charge in [0.15, 0.2) is 0 Å². The number of aliphatic carboxylic acids is 1. The van der Waals surface area contributed by atoms with Crippen molar-refractivity contribution in [2.45, 2.75) is 59.7 Å². The van der Waals surface area contributed by atoms with Crippen LogP contribution in [-0.4, -0.2) is 44.9 Å². The average Bonchev–Trinajstić information content (AvgIpc) is 3.13. The molecule has 0 unspecified atom stereocenters. The van der Waals surface area contributed by atoms with Crippen LogP contribution >= 0.6 is 0 Å². The van der Waals surface area contributed by atoms with Crippen LogP contribution in [0.25, 0.3) is 22.4 Å². The molecule has 4 rings (SSSR count). The van der Waals surface area contributed by atoms with E-state index in [2.05, 4.69) is 20.9 Å². The van der Waals surface area contributed by atoms with Crippen molar-refractivity contribution in [2.75, 3.05) is 13.2 Å². The molecule has 1 aliphatic rings. The van der Waals surface area contributed by atoms with E-state index >= 15 is 0 Å². The van der Waals surface area contributed by atoms with Gasteiger partial charge in [-0.3, -0.25) is 14.9 Å². The number of rotatable bonds is 7. The number of nitrogens with one attached hydrogen (secondary N) is 2. The summed E-state index contributed by atoms with van der Waals surface area (Å²) in [6.07, 6.45) is 3.74. The summed E-state index contributed by atoms with van der Waals surface area (Å²) in [5, 5.41) is 12.8. The van der Waals surface area contributed by atoms with Crippen molar-refractivity contribution < 1.29 is 14.6 Å². The monoisotopic (exact) mass is 466 g/mol. The Morgan fingerprint density at radius 3 is 2.68 bits per heavy atom. The van der Waals surface area contributed by atoms with Crippen molar-refractivity contribution in [1.82, 2.24) is 19.9 Å². The van der Waals surface area contributed by atoms with Crippen LogP contribution in [0.5, 0.6) is 0 Å². The van der Waals surface area contributed by atoms with Gasteiger partial charge in [-0.1, -0.05) is 26.8 Å². The van der Waals surface area contributed by atoms with E-state index < -0.39 is 17.4 Å². The van der Waals surface area contributed by atoms with Gasteiger partial charge in [-0.05, 0) is 54.9 Å². The maximum absolute atomic E-state index is 11.9. The van der Waals surface area contributed by atoms with E-state index in [-0.39, 0.29) is 5.56 Å². The maximum atomic E-state index is 11.9. The topological polar surface area (TPSA) is 109 Å². The lowest BCUT2D eigenvalue weighted by Gasteiger charge is -2.28. The Kier molecular flexibility index (Phi) is 6.91. The summed E-state index contributed by atoms with van der Waals surface area (Å²) < 4.78 is 7.78. The summed E-state index contributed by atoms with van der Waals surface area (Å²) in [5.74, 6) is 0.465. The van der Waals surface area contributed by atoms with Gasteiger partial charge in [0.1, 0.15) is 11.9 Å². The Morgan fingerprint density at radius 2 is 2.03 bits per heavy atom. The highest BCUT2D eigenvalue weighted by Gasteiger charge is 2.30. The molecule has 1 aliphatic heterocycles. The minimum Gasteiger partial charge on any atom is -0.480 e. The number of hydrogen-bond donors (Lipinski definition) is 3. The van der Waals surface area contributed by atoms with E-state index in [4.69, 9.17) is 9.72 Å². The van der Waals surface area contributed by atoms with Crippen LogP contribution < -0.4 is 10.9 Å². The highest BCUT2D eigenvalue weighted by atomic mass is 16.5. The van der Waals surface area contributed by atoms with E-state index in [0.717, 1.165) is 60.6 Å². The molecule has 0 amide bonds. The summed E-state index contributed by atoms with van der Waals surface area (Å²) in [6, 6.07) is 7.33. The number of benzene rings is 1. The highest BCUT2D eigenvalue weighted by molar-refractivity contribution is 5.81. The van der Waals surface area contributed by atoms with Crippen LogP contribution in [0.2, 0.25) is 0 Å². The summed E-state index contributed by atoms with van der Waals surface area (Å²) in [4.78, 5) is 31.4. The molecule has 3 aromatic rings. The number of H-pyrrole nitrogens is 1. The molecule has 0 aliphatic carbocycles. The Bertz CT molecular complexity index is 1230. The highest BCUT2D eigenvalue weighted by Crippen LogP contribution is 2.29. The number of fused-ring (bicyclic) bond motifs is 1. The first-order valence-corrected chi connectivity index (χ1v) is 11.9. The minimum atomic E-state index is -0.856. The van der Waals surface area contributed by atoms with Crippen molar-refractivity contribution in [3.05, 3.63) is 51.9 Å². The fourth-order valence-corrected chi connectivity index (χ4v) is 4.59.